The predicted octanol–water partition coefficient (Wildman–Crippen LogP) is 5.64. The highest BCUT2D eigenvalue weighted by atomic mass is 16.5. The van der Waals surface area contributed by atoms with Crippen molar-refractivity contribution in [1.82, 2.24) is 4.90 Å². The molecule has 0 saturated heterocycles. The van der Waals surface area contributed by atoms with Crippen molar-refractivity contribution in [3.63, 3.8) is 0 Å². The molecule has 34 heavy (non-hydrogen) atoms. The lowest BCUT2D eigenvalue weighted by Crippen LogP contribution is -2.27. The maximum absolute atomic E-state index is 11.1. The molecular weight excluding hydrogens is 430 g/mol. The van der Waals surface area contributed by atoms with Crippen LogP contribution in [0, 0.1) is 5.92 Å². The van der Waals surface area contributed by atoms with Crippen LogP contribution < -0.4 is 4.74 Å². The molecule has 3 rings (SSSR count). The molecule has 2 aromatic carbocycles. The van der Waals surface area contributed by atoms with E-state index in [0.717, 1.165) is 43.9 Å². The smallest absolute Gasteiger partial charge is 0.335 e. The van der Waals surface area contributed by atoms with Gasteiger partial charge in [-0.05, 0) is 73.9 Å². The summed E-state index contributed by atoms with van der Waals surface area (Å²) in [5.41, 5.74) is 2.51. The number of hydrogen-bond donors (Lipinski definition) is 2. The fraction of sp³-hybridized carbons (Fsp3) is 0.500. The summed E-state index contributed by atoms with van der Waals surface area (Å²) in [5.74, 6) is -0.0761. The Labute approximate surface area is 202 Å². The van der Waals surface area contributed by atoms with Crippen LogP contribution in [0.3, 0.4) is 0 Å². The zero-order valence-electron chi connectivity index (χ0n) is 20.0. The van der Waals surface area contributed by atoms with Gasteiger partial charge in [0, 0.05) is 19.5 Å². The van der Waals surface area contributed by atoms with Gasteiger partial charge < -0.3 is 14.9 Å². The van der Waals surface area contributed by atoms with E-state index in [4.69, 9.17) is 14.9 Å². The van der Waals surface area contributed by atoms with Crippen LogP contribution in [-0.4, -0.2) is 46.7 Å². The molecule has 1 aliphatic rings. The number of rotatable bonds is 14. The highest BCUT2D eigenvalue weighted by Crippen LogP contribution is 2.26. The van der Waals surface area contributed by atoms with Gasteiger partial charge in [0.2, 0.25) is 0 Å². The van der Waals surface area contributed by atoms with Gasteiger partial charge in [-0.1, -0.05) is 49.6 Å². The topological polar surface area (TPSA) is 87.1 Å². The summed E-state index contributed by atoms with van der Waals surface area (Å²) < 4.78 is 6.25. The van der Waals surface area contributed by atoms with Crippen molar-refractivity contribution < 1.29 is 24.5 Å². The summed E-state index contributed by atoms with van der Waals surface area (Å²) in [6.45, 7) is 3.08. The van der Waals surface area contributed by atoms with Crippen molar-refractivity contribution in [2.75, 3.05) is 19.7 Å². The molecule has 1 fully saturated rings. The van der Waals surface area contributed by atoms with Crippen molar-refractivity contribution in [3.05, 3.63) is 65.2 Å². The molecular formula is C28H37NO5. The van der Waals surface area contributed by atoms with E-state index in [1.165, 1.54) is 37.7 Å². The maximum Gasteiger partial charge on any atom is 0.335 e. The standard InChI is InChI=1S/C28H37NO5/c30-27(31)12-6-7-18-29(20-22-13-15-25(16-14-22)28(32)33)19-17-24-10-4-5-11-26(24)34-21-23-8-2-1-3-9-23/h4-5,10-11,13-16,23H,1-3,6-9,12,17-21H2,(H,30,31)(H,32,33). The lowest BCUT2D eigenvalue weighted by Gasteiger charge is -2.24. The Morgan fingerprint density at radius 1 is 0.912 bits per heavy atom. The third-order valence-electron chi connectivity index (χ3n) is 6.59. The van der Waals surface area contributed by atoms with Crippen molar-refractivity contribution in [2.24, 2.45) is 5.92 Å². The van der Waals surface area contributed by atoms with E-state index in [0.29, 0.717) is 18.9 Å². The second-order valence-electron chi connectivity index (χ2n) is 9.30. The first kappa shape index (κ1) is 25.8. The number of carboxylic acids is 2. The summed E-state index contributed by atoms with van der Waals surface area (Å²) in [5, 5.41) is 18.1. The Kier molecular flexibility index (Phi) is 10.4. The molecule has 0 amide bonds. The molecule has 0 atom stereocenters. The van der Waals surface area contributed by atoms with E-state index in [2.05, 4.69) is 17.0 Å². The number of nitrogens with zero attached hydrogens (tertiary/aromatic N) is 1. The minimum absolute atomic E-state index is 0.180. The van der Waals surface area contributed by atoms with Crippen molar-refractivity contribution in [1.29, 1.82) is 0 Å². The van der Waals surface area contributed by atoms with Crippen LogP contribution in [0.15, 0.2) is 48.5 Å². The summed E-state index contributed by atoms with van der Waals surface area (Å²) in [7, 11) is 0. The van der Waals surface area contributed by atoms with Crippen LogP contribution in [0.5, 0.6) is 5.75 Å². The minimum Gasteiger partial charge on any atom is -0.493 e. The van der Waals surface area contributed by atoms with Crippen LogP contribution in [-0.2, 0) is 17.8 Å². The van der Waals surface area contributed by atoms with Gasteiger partial charge in [0.05, 0.1) is 12.2 Å². The molecule has 6 heteroatoms. The number of aromatic carboxylic acids is 1. The Balaban J connectivity index is 1.59. The number of unbranched alkanes of at least 4 members (excludes halogenated alkanes) is 1. The molecule has 1 saturated carbocycles. The lowest BCUT2D eigenvalue weighted by molar-refractivity contribution is -0.137. The number of carbonyl (C=O) groups is 2. The van der Waals surface area contributed by atoms with Crippen molar-refractivity contribution >= 4 is 11.9 Å². The van der Waals surface area contributed by atoms with E-state index in [9.17, 15) is 9.59 Å². The molecule has 184 valence electrons. The number of hydrogen-bond acceptors (Lipinski definition) is 4. The van der Waals surface area contributed by atoms with E-state index in [-0.39, 0.29) is 12.0 Å². The first-order valence-corrected chi connectivity index (χ1v) is 12.5. The normalized spacial score (nSPS) is 14.3. The summed E-state index contributed by atoms with van der Waals surface area (Å²) in [6, 6.07) is 15.2. The van der Waals surface area contributed by atoms with Crippen LogP contribution in [0.4, 0.5) is 0 Å². The van der Waals surface area contributed by atoms with E-state index in [1.54, 1.807) is 12.1 Å². The number of benzene rings is 2. The SMILES string of the molecule is O=C(O)CCCCN(CCc1ccccc1OCC1CCCCC1)Cc1ccc(C(=O)O)cc1. The fourth-order valence-electron chi connectivity index (χ4n) is 4.58. The Bertz CT molecular complexity index is 905. The van der Waals surface area contributed by atoms with Crippen molar-refractivity contribution in [3.8, 4) is 5.75 Å². The van der Waals surface area contributed by atoms with E-state index >= 15 is 0 Å². The number of aliphatic carboxylic acids is 1. The second-order valence-corrected chi connectivity index (χ2v) is 9.30. The summed E-state index contributed by atoms with van der Waals surface area (Å²) >= 11 is 0. The van der Waals surface area contributed by atoms with Gasteiger partial charge in [-0.25, -0.2) is 4.79 Å². The molecule has 0 radical (unpaired) electrons. The van der Waals surface area contributed by atoms with Gasteiger partial charge in [0.25, 0.3) is 0 Å². The van der Waals surface area contributed by atoms with Crippen LogP contribution in [0.1, 0.15) is 72.9 Å². The molecule has 0 bridgehead atoms. The number of carboxylic acid groups (broad SMARTS) is 2. The van der Waals surface area contributed by atoms with Gasteiger partial charge in [-0.3, -0.25) is 9.69 Å². The number of para-hydroxylation sites is 1. The molecule has 0 aromatic heterocycles. The molecule has 0 unspecified atom stereocenters. The third-order valence-corrected chi connectivity index (χ3v) is 6.59. The fourth-order valence-corrected chi connectivity index (χ4v) is 4.58. The Morgan fingerprint density at radius 2 is 1.65 bits per heavy atom. The zero-order chi connectivity index (χ0) is 24.2. The van der Waals surface area contributed by atoms with E-state index in [1.807, 2.05) is 24.3 Å². The van der Waals surface area contributed by atoms with Crippen LogP contribution in [0.25, 0.3) is 0 Å². The molecule has 0 heterocycles. The molecule has 2 N–H and O–H groups in total. The quantitative estimate of drug-likeness (QED) is 0.350. The van der Waals surface area contributed by atoms with Gasteiger partial charge in [0.1, 0.15) is 5.75 Å². The van der Waals surface area contributed by atoms with E-state index < -0.39 is 11.9 Å². The van der Waals surface area contributed by atoms with Gasteiger partial charge >= 0.3 is 11.9 Å². The lowest BCUT2D eigenvalue weighted by atomic mass is 9.90. The highest BCUT2D eigenvalue weighted by molar-refractivity contribution is 5.87. The highest BCUT2D eigenvalue weighted by Gasteiger charge is 2.15. The zero-order valence-corrected chi connectivity index (χ0v) is 20.0. The molecule has 2 aromatic rings. The Morgan fingerprint density at radius 3 is 2.35 bits per heavy atom. The maximum atomic E-state index is 11.1. The van der Waals surface area contributed by atoms with Crippen LogP contribution in [0.2, 0.25) is 0 Å². The number of ether oxygens (including phenoxy) is 1. The van der Waals surface area contributed by atoms with Crippen LogP contribution >= 0.6 is 0 Å². The summed E-state index contributed by atoms with van der Waals surface area (Å²) in [6.07, 6.45) is 8.93. The Hall–Kier alpha value is -2.86. The molecule has 6 nitrogen and oxygen atoms in total. The third kappa shape index (κ3) is 8.82. The van der Waals surface area contributed by atoms with Gasteiger partial charge in [-0.2, -0.15) is 0 Å². The molecule has 0 aliphatic heterocycles. The monoisotopic (exact) mass is 467 g/mol. The average molecular weight is 468 g/mol. The molecule has 1 aliphatic carbocycles. The van der Waals surface area contributed by atoms with Crippen molar-refractivity contribution in [2.45, 2.75) is 64.3 Å². The molecule has 0 spiro atoms. The largest absolute Gasteiger partial charge is 0.493 e. The van der Waals surface area contributed by atoms with Gasteiger partial charge in [0.15, 0.2) is 0 Å². The minimum atomic E-state index is -0.929. The first-order valence-electron chi connectivity index (χ1n) is 12.5. The predicted molar refractivity (Wildman–Crippen MR) is 132 cm³/mol. The first-order chi connectivity index (χ1) is 16.5. The average Bonchev–Trinajstić information content (AvgIpc) is 2.85. The summed E-state index contributed by atoms with van der Waals surface area (Å²) in [4.78, 5) is 24.3. The van der Waals surface area contributed by atoms with Gasteiger partial charge in [-0.15, -0.1) is 0 Å². The second kappa shape index (κ2) is 13.8.